The van der Waals surface area contributed by atoms with Gasteiger partial charge in [-0.25, -0.2) is 13.2 Å². The van der Waals surface area contributed by atoms with E-state index >= 15 is 8.78 Å². The van der Waals surface area contributed by atoms with Crippen LogP contribution in [0.25, 0.3) is 10.8 Å². The molecule has 4 unspecified atom stereocenters. The first-order chi connectivity index (χ1) is 15.5. The van der Waals surface area contributed by atoms with Crippen molar-refractivity contribution in [1.82, 2.24) is 0 Å². The number of rotatable bonds is 7. The fourth-order valence-corrected chi connectivity index (χ4v) is 6.05. The van der Waals surface area contributed by atoms with Crippen LogP contribution < -0.4 is 4.74 Å². The largest absolute Gasteiger partial charge is 0.486 e. The van der Waals surface area contributed by atoms with Gasteiger partial charge in [-0.15, -0.1) is 0 Å². The summed E-state index contributed by atoms with van der Waals surface area (Å²) in [5.74, 6) is -0.677. The summed E-state index contributed by atoms with van der Waals surface area (Å²) in [4.78, 5) is 0. The van der Waals surface area contributed by atoms with Crippen molar-refractivity contribution < 1.29 is 17.9 Å². The van der Waals surface area contributed by atoms with Crippen molar-refractivity contribution in [3.8, 4) is 5.75 Å². The minimum atomic E-state index is -1.09. The SMILES string of the molecule is CC=CCOc1ccc2cc(C3CCC4CC(CCCC)CCC4C3)c(F)c(F)c2c1F. The first kappa shape index (κ1) is 23.2. The molecule has 0 spiro atoms. The number of allylic oxidation sites excluding steroid dienone is 1. The van der Waals surface area contributed by atoms with Gasteiger partial charge in [-0.1, -0.05) is 50.8 Å². The summed E-state index contributed by atoms with van der Waals surface area (Å²) < 4.78 is 50.5. The van der Waals surface area contributed by atoms with Gasteiger partial charge in [0.25, 0.3) is 0 Å². The van der Waals surface area contributed by atoms with Gasteiger partial charge in [-0.3, -0.25) is 0 Å². The first-order valence-electron chi connectivity index (χ1n) is 12.4. The molecule has 2 saturated carbocycles. The number of unbranched alkanes of at least 4 members (excludes halogenated alkanes) is 1. The molecule has 1 nitrogen and oxygen atoms in total. The molecular formula is C28H35F3O. The number of ether oxygens (including phenoxy) is 1. The second-order valence-corrected chi connectivity index (χ2v) is 9.80. The highest BCUT2D eigenvalue weighted by atomic mass is 19.2. The van der Waals surface area contributed by atoms with E-state index in [1.807, 2.05) is 6.92 Å². The lowest BCUT2D eigenvalue weighted by molar-refractivity contribution is 0.112. The molecule has 4 atom stereocenters. The van der Waals surface area contributed by atoms with Crippen LogP contribution in [0.5, 0.6) is 5.75 Å². The molecular weight excluding hydrogens is 409 g/mol. The average molecular weight is 445 g/mol. The summed E-state index contributed by atoms with van der Waals surface area (Å²) in [6.07, 6.45) is 14.1. The molecule has 4 rings (SSSR count). The van der Waals surface area contributed by atoms with Crippen LogP contribution in [0, 0.1) is 35.2 Å². The predicted octanol–water partition coefficient (Wildman–Crippen LogP) is 8.70. The number of benzene rings is 2. The standard InChI is InChI=1S/C28H35F3O/c1-3-5-7-18-8-9-20-16-21(11-10-19(20)15-18)23-17-22-12-13-24(32-14-6-4-2)27(30)25(22)28(31)26(23)29/h4,6,12-13,17-21H,3,5,7-11,14-16H2,1-2H3. The molecule has 4 heteroatoms. The predicted molar refractivity (Wildman–Crippen MR) is 125 cm³/mol. The molecule has 0 aliphatic heterocycles. The Morgan fingerprint density at radius 3 is 2.53 bits per heavy atom. The molecule has 174 valence electrons. The first-order valence-corrected chi connectivity index (χ1v) is 12.4. The van der Waals surface area contributed by atoms with Gasteiger partial charge in [0.15, 0.2) is 23.2 Å². The van der Waals surface area contributed by atoms with Crippen LogP contribution in [0.15, 0.2) is 30.4 Å². The van der Waals surface area contributed by atoms with Crippen molar-refractivity contribution in [2.24, 2.45) is 17.8 Å². The van der Waals surface area contributed by atoms with Crippen LogP contribution >= 0.6 is 0 Å². The molecule has 32 heavy (non-hydrogen) atoms. The Hall–Kier alpha value is -1.97. The average Bonchev–Trinajstić information content (AvgIpc) is 2.81. The number of hydrogen-bond acceptors (Lipinski definition) is 1. The highest BCUT2D eigenvalue weighted by molar-refractivity contribution is 5.86. The van der Waals surface area contributed by atoms with Gasteiger partial charge in [0.05, 0.1) is 5.39 Å². The Kier molecular flexibility index (Phi) is 7.48. The fourth-order valence-electron chi connectivity index (χ4n) is 6.05. The summed E-state index contributed by atoms with van der Waals surface area (Å²) >= 11 is 0. The zero-order chi connectivity index (χ0) is 22.7. The second-order valence-electron chi connectivity index (χ2n) is 9.80. The molecule has 2 aliphatic rings. The minimum absolute atomic E-state index is 0.0102. The normalized spacial score (nSPS) is 25.9. The van der Waals surface area contributed by atoms with E-state index in [1.54, 1.807) is 24.3 Å². The Labute approximate surface area is 190 Å². The molecule has 2 aromatic carbocycles. The molecule has 0 bridgehead atoms. The van der Waals surface area contributed by atoms with Gasteiger partial charge in [0.2, 0.25) is 0 Å². The number of fused-ring (bicyclic) bond motifs is 2. The summed E-state index contributed by atoms with van der Waals surface area (Å²) in [5, 5.41) is 0.0922. The van der Waals surface area contributed by atoms with E-state index in [0.717, 1.165) is 31.1 Å². The molecule has 0 amide bonds. The topological polar surface area (TPSA) is 9.23 Å². The molecule has 0 radical (unpaired) electrons. The van der Waals surface area contributed by atoms with Crippen molar-refractivity contribution in [2.75, 3.05) is 6.61 Å². The van der Waals surface area contributed by atoms with Crippen molar-refractivity contribution in [3.05, 3.63) is 53.4 Å². The highest BCUT2D eigenvalue weighted by Crippen LogP contribution is 2.49. The van der Waals surface area contributed by atoms with E-state index in [2.05, 4.69) is 6.92 Å². The molecule has 0 heterocycles. The van der Waals surface area contributed by atoms with Crippen molar-refractivity contribution in [1.29, 1.82) is 0 Å². The maximum Gasteiger partial charge on any atom is 0.175 e. The van der Waals surface area contributed by atoms with Gasteiger partial charge in [-0.2, -0.15) is 0 Å². The quantitative estimate of drug-likeness (QED) is 0.388. The van der Waals surface area contributed by atoms with Crippen LogP contribution in [-0.4, -0.2) is 6.61 Å². The highest BCUT2D eigenvalue weighted by Gasteiger charge is 2.37. The van der Waals surface area contributed by atoms with Gasteiger partial charge < -0.3 is 4.74 Å². The van der Waals surface area contributed by atoms with E-state index < -0.39 is 17.5 Å². The molecule has 0 N–H and O–H groups in total. The van der Waals surface area contributed by atoms with E-state index in [0.29, 0.717) is 16.9 Å². The maximum absolute atomic E-state index is 15.2. The van der Waals surface area contributed by atoms with E-state index in [-0.39, 0.29) is 23.7 Å². The Bertz CT molecular complexity index is 967. The van der Waals surface area contributed by atoms with Crippen molar-refractivity contribution in [3.63, 3.8) is 0 Å². The molecule has 0 aromatic heterocycles. The van der Waals surface area contributed by atoms with Gasteiger partial charge in [0, 0.05) is 0 Å². The lowest BCUT2D eigenvalue weighted by Crippen LogP contribution is -2.30. The maximum atomic E-state index is 15.2. The van der Waals surface area contributed by atoms with Gasteiger partial charge in [0.1, 0.15) is 6.61 Å². The summed E-state index contributed by atoms with van der Waals surface area (Å²) in [5.41, 5.74) is 0.420. The lowest BCUT2D eigenvalue weighted by Gasteiger charge is -2.42. The molecule has 2 fully saturated rings. The molecule has 2 aromatic rings. The lowest BCUT2D eigenvalue weighted by atomic mass is 9.63. The Morgan fingerprint density at radius 1 is 0.969 bits per heavy atom. The Balaban J connectivity index is 1.54. The Morgan fingerprint density at radius 2 is 1.75 bits per heavy atom. The van der Waals surface area contributed by atoms with Crippen LogP contribution in [0.4, 0.5) is 13.2 Å². The third kappa shape index (κ3) is 4.70. The molecule has 2 aliphatic carbocycles. The van der Waals surface area contributed by atoms with Crippen LogP contribution in [0.2, 0.25) is 0 Å². The van der Waals surface area contributed by atoms with Crippen LogP contribution in [-0.2, 0) is 0 Å². The summed E-state index contributed by atoms with van der Waals surface area (Å²) in [6, 6.07) is 4.82. The van der Waals surface area contributed by atoms with E-state index in [9.17, 15) is 4.39 Å². The molecule has 0 saturated heterocycles. The minimum Gasteiger partial charge on any atom is -0.486 e. The smallest absolute Gasteiger partial charge is 0.175 e. The van der Waals surface area contributed by atoms with Crippen molar-refractivity contribution in [2.45, 2.75) is 77.6 Å². The summed E-state index contributed by atoms with van der Waals surface area (Å²) in [6.45, 7) is 4.27. The zero-order valence-electron chi connectivity index (χ0n) is 19.3. The van der Waals surface area contributed by atoms with Crippen molar-refractivity contribution >= 4 is 10.8 Å². The van der Waals surface area contributed by atoms with Gasteiger partial charge in [-0.05, 0) is 85.8 Å². The van der Waals surface area contributed by atoms with Crippen LogP contribution in [0.3, 0.4) is 0 Å². The third-order valence-electron chi connectivity index (χ3n) is 7.81. The third-order valence-corrected chi connectivity index (χ3v) is 7.81. The van der Waals surface area contributed by atoms with E-state index in [1.165, 1.54) is 44.6 Å². The monoisotopic (exact) mass is 444 g/mol. The van der Waals surface area contributed by atoms with E-state index in [4.69, 9.17) is 4.74 Å². The van der Waals surface area contributed by atoms with Gasteiger partial charge >= 0.3 is 0 Å². The summed E-state index contributed by atoms with van der Waals surface area (Å²) in [7, 11) is 0. The zero-order valence-corrected chi connectivity index (χ0v) is 19.3. The van der Waals surface area contributed by atoms with Crippen LogP contribution in [0.1, 0.15) is 83.1 Å². The fraction of sp³-hybridized carbons (Fsp3) is 0.571. The second kappa shape index (κ2) is 10.3. The number of halogens is 3. The number of hydrogen-bond donors (Lipinski definition) is 0.